The molecule has 0 aliphatic rings. The summed E-state index contributed by atoms with van der Waals surface area (Å²) in [6, 6.07) is 20.5. The molecule has 4 aromatic rings. The van der Waals surface area contributed by atoms with Gasteiger partial charge in [-0.15, -0.1) is 10.3 Å². The second-order valence-electron chi connectivity index (χ2n) is 9.79. The first-order valence-corrected chi connectivity index (χ1v) is 10.1. The maximum atomic E-state index is 13.4. The van der Waals surface area contributed by atoms with Crippen LogP contribution in [0, 0.1) is 0 Å². The number of benzene rings is 3. The Morgan fingerprint density at radius 2 is 1.10 bits per heavy atom. The lowest BCUT2D eigenvalue weighted by molar-refractivity contribution is -0.538. The van der Waals surface area contributed by atoms with Crippen molar-refractivity contribution in [3.05, 3.63) is 71.8 Å². The van der Waals surface area contributed by atoms with Crippen LogP contribution in [0.2, 0.25) is 0 Å². The molecule has 3 heteroatoms. The van der Waals surface area contributed by atoms with Crippen LogP contribution in [0.3, 0.4) is 0 Å². The van der Waals surface area contributed by atoms with E-state index in [1.165, 1.54) is 0 Å². The molecule has 3 nitrogen and oxygen atoms in total. The first kappa shape index (κ1) is 19.4. The third kappa shape index (κ3) is 3.35. The van der Waals surface area contributed by atoms with Crippen molar-refractivity contribution in [1.29, 1.82) is 0 Å². The van der Waals surface area contributed by atoms with Crippen molar-refractivity contribution in [3.63, 3.8) is 0 Å². The first-order valence-electron chi connectivity index (χ1n) is 10.1. The molecule has 1 aromatic heterocycles. The van der Waals surface area contributed by atoms with Crippen molar-refractivity contribution in [2.45, 2.75) is 52.4 Å². The fraction of sp³-hybridized carbons (Fsp3) is 0.308. The summed E-state index contributed by atoms with van der Waals surface area (Å²) in [5.41, 5.74) is 6.15. The van der Waals surface area contributed by atoms with E-state index in [9.17, 15) is 5.11 Å². The van der Waals surface area contributed by atoms with E-state index in [1.807, 2.05) is 36.4 Å². The second-order valence-corrected chi connectivity index (χ2v) is 9.79. The number of rotatable bonds is 1. The Kier molecular flexibility index (Phi) is 4.38. The van der Waals surface area contributed by atoms with Gasteiger partial charge in [-0.2, -0.15) is 0 Å². The molecule has 0 saturated heterocycles. The molecule has 3 aromatic carbocycles. The highest BCUT2D eigenvalue weighted by atomic mass is 16.3. The quantitative estimate of drug-likeness (QED) is 0.328. The highest BCUT2D eigenvalue weighted by Gasteiger charge is 2.27. The topological polar surface area (TPSA) is 39.8 Å². The SMILES string of the molecule is CC(C)(C)c1cc(-[n+]2c3ccccc3nc3ccccc32)cc(C(C)(C)C)c1[O-]. The lowest BCUT2D eigenvalue weighted by atomic mass is 9.79. The average molecular weight is 385 g/mol. The van der Waals surface area contributed by atoms with Gasteiger partial charge in [0.15, 0.2) is 0 Å². The van der Waals surface area contributed by atoms with E-state index in [0.717, 1.165) is 38.9 Å². The van der Waals surface area contributed by atoms with E-state index in [2.05, 4.69) is 70.4 Å². The fourth-order valence-electron chi connectivity index (χ4n) is 3.89. The van der Waals surface area contributed by atoms with E-state index >= 15 is 0 Å². The molecule has 0 radical (unpaired) electrons. The number of fused-ring (bicyclic) bond motifs is 2. The Bertz CT molecular complexity index is 1140. The molecule has 0 fully saturated rings. The van der Waals surface area contributed by atoms with E-state index in [4.69, 9.17) is 4.98 Å². The summed E-state index contributed by atoms with van der Waals surface area (Å²) in [6.07, 6.45) is 0. The van der Waals surface area contributed by atoms with Gasteiger partial charge in [-0.1, -0.05) is 65.8 Å². The van der Waals surface area contributed by atoms with Crippen LogP contribution in [0.25, 0.3) is 27.8 Å². The Morgan fingerprint density at radius 3 is 1.52 bits per heavy atom. The summed E-state index contributed by atoms with van der Waals surface area (Å²) in [4.78, 5) is 4.84. The summed E-state index contributed by atoms with van der Waals surface area (Å²) < 4.78 is 2.24. The lowest BCUT2D eigenvalue weighted by Gasteiger charge is -2.33. The fourth-order valence-corrected chi connectivity index (χ4v) is 3.89. The molecule has 0 N–H and O–H groups in total. The van der Waals surface area contributed by atoms with Crippen molar-refractivity contribution in [2.24, 2.45) is 0 Å². The van der Waals surface area contributed by atoms with Crippen LogP contribution in [0.5, 0.6) is 5.75 Å². The van der Waals surface area contributed by atoms with Gasteiger partial charge in [-0.25, -0.2) is 4.98 Å². The largest absolute Gasteiger partial charge is 0.872 e. The smallest absolute Gasteiger partial charge is 0.237 e. The molecule has 0 atom stereocenters. The van der Waals surface area contributed by atoms with E-state index in [-0.39, 0.29) is 16.6 Å². The molecule has 0 spiro atoms. The minimum Gasteiger partial charge on any atom is -0.872 e. The van der Waals surface area contributed by atoms with Crippen molar-refractivity contribution in [3.8, 4) is 11.4 Å². The van der Waals surface area contributed by atoms with Gasteiger partial charge in [0, 0.05) is 24.3 Å². The van der Waals surface area contributed by atoms with Gasteiger partial charge < -0.3 is 5.11 Å². The van der Waals surface area contributed by atoms with Crippen molar-refractivity contribution < 1.29 is 9.67 Å². The molecule has 0 bridgehead atoms. The van der Waals surface area contributed by atoms with Gasteiger partial charge in [0.05, 0.1) is 0 Å². The number of hydrogen-bond donors (Lipinski definition) is 0. The van der Waals surface area contributed by atoms with Crippen LogP contribution in [0.4, 0.5) is 0 Å². The third-order valence-corrected chi connectivity index (χ3v) is 5.43. The van der Waals surface area contributed by atoms with Crippen LogP contribution in [0.15, 0.2) is 60.7 Å². The Hall–Kier alpha value is -2.94. The zero-order valence-corrected chi connectivity index (χ0v) is 18.1. The zero-order chi connectivity index (χ0) is 21.0. The second kappa shape index (κ2) is 6.55. The van der Waals surface area contributed by atoms with Gasteiger partial charge in [0.2, 0.25) is 16.7 Å². The normalized spacial score (nSPS) is 12.6. The Labute approximate surface area is 172 Å². The highest BCUT2D eigenvalue weighted by Crippen LogP contribution is 2.38. The zero-order valence-electron chi connectivity index (χ0n) is 18.1. The predicted octanol–water partition coefficient (Wildman–Crippen LogP) is 5.33. The van der Waals surface area contributed by atoms with Crippen molar-refractivity contribution >= 4 is 22.1 Å². The van der Waals surface area contributed by atoms with Crippen LogP contribution in [-0.2, 0) is 10.8 Å². The maximum absolute atomic E-state index is 13.4. The number of para-hydroxylation sites is 4. The van der Waals surface area contributed by atoms with Gasteiger partial charge in [-0.3, -0.25) is 0 Å². The maximum Gasteiger partial charge on any atom is 0.237 e. The minimum atomic E-state index is -0.244. The standard InChI is InChI=1S/C26H28N2O/c1-25(2,3)18-15-17(16-19(24(18)29)26(4,5)6)28-22-13-9-7-11-20(22)27-21-12-8-10-14-23(21)28/h7-16H,1-6H3. The first-order chi connectivity index (χ1) is 13.6. The Morgan fingerprint density at radius 1 is 0.690 bits per heavy atom. The van der Waals surface area contributed by atoms with E-state index in [0.29, 0.717) is 0 Å². The van der Waals surface area contributed by atoms with Gasteiger partial charge in [-0.05, 0) is 34.1 Å². The predicted molar refractivity (Wildman–Crippen MR) is 118 cm³/mol. The van der Waals surface area contributed by atoms with Gasteiger partial charge >= 0.3 is 0 Å². The van der Waals surface area contributed by atoms with Crippen LogP contribution in [-0.4, -0.2) is 4.98 Å². The highest BCUT2D eigenvalue weighted by molar-refractivity contribution is 5.82. The number of nitrogens with zero attached hydrogens (tertiary/aromatic N) is 2. The molecular weight excluding hydrogens is 356 g/mol. The summed E-state index contributed by atoms with van der Waals surface area (Å²) in [7, 11) is 0. The molecule has 0 aliphatic heterocycles. The molecule has 0 aliphatic carbocycles. The lowest BCUT2D eigenvalue weighted by Crippen LogP contribution is -2.35. The van der Waals surface area contributed by atoms with E-state index in [1.54, 1.807) is 0 Å². The molecule has 0 amide bonds. The third-order valence-electron chi connectivity index (χ3n) is 5.43. The molecule has 1 heterocycles. The monoisotopic (exact) mass is 384 g/mol. The van der Waals surface area contributed by atoms with E-state index < -0.39 is 0 Å². The molecule has 148 valence electrons. The number of hydrogen-bond acceptors (Lipinski definition) is 2. The van der Waals surface area contributed by atoms with Gasteiger partial charge in [0.25, 0.3) is 0 Å². The molecule has 0 saturated carbocycles. The van der Waals surface area contributed by atoms with Gasteiger partial charge in [0.1, 0.15) is 11.0 Å². The van der Waals surface area contributed by atoms with Crippen molar-refractivity contribution in [2.75, 3.05) is 0 Å². The van der Waals surface area contributed by atoms with Crippen LogP contribution in [0.1, 0.15) is 52.7 Å². The average Bonchev–Trinajstić information content (AvgIpc) is 2.64. The molecule has 29 heavy (non-hydrogen) atoms. The summed E-state index contributed by atoms with van der Waals surface area (Å²) >= 11 is 0. The minimum absolute atomic E-state index is 0.150. The summed E-state index contributed by atoms with van der Waals surface area (Å²) in [6.45, 7) is 12.6. The summed E-state index contributed by atoms with van der Waals surface area (Å²) in [5.74, 6) is 0.150. The molecule has 4 rings (SSSR count). The van der Waals surface area contributed by atoms with Crippen LogP contribution >= 0.6 is 0 Å². The molecular formula is C26H28N2O. The Balaban J connectivity index is 2.18. The summed E-state index contributed by atoms with van der Waals surface area (Å²) in [5, 5.41) is 13.4. The number of aromatic nitrogens is 2. The molecule has 0 unspecified atom stereocenters. The van der Waals surface area contributed by atoms with Crippen LogP contribution < -0.4 is 9.67 Å². The van der Waals surface area contributed by atoms with Crippen molar-refractivity contribution in [1.82, 2.24) is 4.98 Å².